The molecule has 3 nitrogen and oxygen atoms in total. The van der Waals surface area contributed by atoms with Gasteiger partial charge >= 0.3 is 0 Å². The zero-order chi connectivity index (χ0) is 10.7. The van der Waals surface area contributed by atoms with Gasteiger partial charge in [0.15, 0.2) is 0 Å². The maximum Gasteiger partial charge on any atom is 0.102 e. The summed E-state index contributed by atoms with van der Waals surface area (Å²) in [6.45, 7) is 2.02. The summed E-state index contributed by atoms with van der Waals surface area (Å²) < 4.78 is 0.873. The van der Waals surface area contributed by atoms with Gasteiger partial charge in [-0.05, 0) is 47.0 Å². The van der Waals surface area contributed by atoms with Crippen molar-refractivity contribution in [2.24, 2.45) is 10.3 Å². The highest BCUT2D eigenvalue weighted by Gasteiger charge is 2.08. The van der Waals surface area contributed by atoms with Crippen molar-refractivity contribution in [1.82, 2.24) is 5.01 Å². The van der Waals surface area contributed by atoms with Crippen LogP contribution in [0.15, 0.2) is 33.0 Å². The number of benzene rings is 1. The molecular formula is C10H11BrClN3. The lowest BCUT2D eigenvalue weighted by atomic mass is 10.3. The highest BCUT2D eigenvalue weighted by Crippen LogP contribution is 2.28. The molecule has 0 aliphatic carbocycles. The van der Waals surface area contributed by atoms with Crippen molar-refractivity contribution in [1.29, 1.82) is 0 Å². The summed E-state index contributed by atoms with van der Waals surface area (Å²) in [5.74, 6) is 0. The number of hydrogen-bond donors (Lipinski definition) is 0. The molecule has 1 aromatic rings. The molecule has 80 valence electrons. The fraction of sp³-hybridized carbons (Fsp3) is 0.400. The molecule has 1 aliphatic rings. The molecule has 1 fully saturated rings. The monoisotopic (exact) mass is 287 g/mol. The third kappa shape index (κ3) is 2.92. The van der Waals surface area contributed by atoms with Crippen LogP contribution in [-0.4, -0.2) is 18.1 Å². The van der Waals surface area contributed by atoms with E-state index in [0.29, 0.717) is 5.02 Å². The van der Waals surface area contributed by atoms with E-state index < -0.39 is 0 Å². The van der Waals surface area contributed by atoms with Crippen LogP contribution < -0.4 is 0 Å². The molecule has 0 N–H and O–H groups in total. The summed E-state index contributed by atoms with van der Waals surface area (Å²) in [7, 11) is 0. The van der Waals surface area contributed by atoms with Gasteiger partial charge in [0.25, 0.3) is 0 Å². The number of halogens is 2. The Balaban J connectivity index is 2.09. The summed E-state index contributed by atoms with van der Waals surface area (Å²) in [5.41, 5.74) is 0.811. The summed E-state index contributed by atoms with van der Waals surface area (Å²) in [5, 5.41) is 11.0. The largest absolute Gasteiger partial charge is 0.278 e. The van der Waals surface area contributed by atoms with Crippen molar-refractivity contribution in [3.05, 3.63) is 27.7 Å². The average molecular weight is 289 g/mol. The Bertz CT molecular complexity index is 375. The van der Waals surface area contributed by atoms with Crippen LogP contribution in [0.25, 0.3) is 0 Å². The van der Waals surface area contributed by atoms with Crippen molar-refractivity contribution >= 4 is 33.2 Å². The molecule has 2 rings (SSSR count). The van der Waals surface area contributed by atoms with E-state index in [0.717, 1.165) is 23.2 Å². The Morgan fingerprint density at radius 3 is 2.67 bits per heavy atom. The van der Waals surface area contributed by atoms with Crippen LogP contribution in [-0.2, 0) is 0 Å². The maximum absolute atomic E-state index is 5.83. The zero-order valence-corrected chi connectivity index (χ0v) is 10.5. The van der Waals surface area contributed by atoms with Crippen molar-refractivity contribution in [2.45, 2.75) is 12.8 Å². The fourth-order valence-electron chi connectivity index (χ4n) is 1.46. The zero-order valence-electron chi connectivity index (χ0n) is 8.16. The second-order valence-electron chi connectivity index (χ2n) is 3.45. The van der Waals surface area contributed by atoms with Gasteiger partial charge in [0.05, 0.1) is 0 Å². The van der Waals surface area contributed by atoms with E-state index in [9.17, 15) is 0 Å². The molecule has 0 radical (unpaired) electrons. The van der Waals surface area contributed by atoms with E-state index >= 15 is 0 Å². The van der Waals surface area contributed by atoms with E-state index in [2.05, 4.69) is 26.3 Å². The smallest absolute Gasteiger partial charge is 0.102 e. The lowest BCUT2D eigenvalue weighted by molar-refractivity contribution is 0.336. The topological polar surface area (TPSA) is 28.0 Å². The van der Waals surface area contributed by atoms with Crippen LogP contribution >= 0.6 is 27.5 Å². The third-order valence-corrected chi connectivity index (χ3v) is 3.14. The van der Waals surface area contributed by atoms with Crippen molar-refractivity contribution in [3.8, 4) is 0 Å². The normalized spacial score (nSPS) is 16.5. The standard InChI is InChI=1S/C10H11BrClN3/c11-9-7-8(12)3-4-10(9)13-14-15-5-1-2-6-15/h3-4,7H,1-2,5-6H2. The first-order chi connectivity index (χ1) is 7.25. The molecule has 1 aromatic carbocycles. The Labute approximate surface area is 102 Å². The molecule has 1 heterocycles. The Morgan fingerprint density at radius 1 is 1.27 bits per heavy atom. The van der Waals surface area contributed by atoms with Crippen LogP contribution in [0, 0.1) is 0 Å². The summed E-state index contributed by atoms with van der Waals surface area (Å²) >= 11 is 9.23. The van der Waals surface area contributed by atoms with Gasteiger partial charge in [0, 0.05) is 22.6 Å². The van der Waals surface area contributed by atoms with Gasteiger partial charge in [0.2, 0.25) is 0 Å². The highest BCUT2D eigenvalue weighted by molar-refractivity contribution is 9.10. The molecule has 0 bridgehead atoms. The Morgan fingerprint density at radius 2 is 2.00 bits per heavy atom. The van der Waals surface area contributed by atoms with Gasteiger partial charge in [-0.15, -0.1) is 5.11 Å². The average Bonchev–Trinajstić information content (AvgIpc) is 2.69. The second kappa shape index (κ2) is 4.94. The summed E-state index contributed by atoms with van der Waals surface area (Å²) in [6, 6.07) is 5.48. The van der Waals surface area contributed by atoms with Gasteiger partial charge in [-0.3, -0.25) is 5.01 Å². The molecule has 0 saturated carbocycles. The van der Waals surface area contributed by atoms with E-state index in [-0.39, 0.29) is 0 Å². The van der Waals surface area contributed by atoms with Gasteiger partial charge in [-0.1, -0.05) is 16.8 Å². The van der Waals surface area contributed by atoms with Crippen LogP contribution in [0.1, 0.15) is 12.8 Å². The minimum absolute atomic E-state index is 0.696. The van der Waals surface area contributed by atoms with Crippen LogP contribution in [0.3, 0.4) is 0 Å². The number of hydrogen-bond acceptors (Lipinski definition) is 2. The molecule has 5 heteroatoms. The third-order valence-electron chi connectivity index (χ3n) is 2.27. The SMILES string of the molecule is Clc1ccc(N=NN2CCCC2)c(Br)c1. The van der Waals surface area contributed by atoms with Gasteiger partial charge in [0.1, 0.15) is 5.69 Å². The first kappa shape index (κ1) is 10.9. The van der Waals surface area contributed by atoms with Crippen molar-refractivity contribution in [2.75, 3.05) is 13.1 Å². The van der Waals surface area contributed by atoms with Crippen LogP contribution in [0.5, 0.6) is 0 Å². The predicted octanol–water partition coefficient (Wildman–Crippen LogP) is 4.20. The number of rotatable bonds is 2. The second-order valence-corrected chi connectivity index (χ2v) is 4.74. The Hall–Kier alpha value is -0.610. The molecule has 0 unspecified atom stereocenters. The molecule has 1 saturated heterocycles. The lowest BCUT2D eigenvalue weighted by Gasteiger charge is -2.07. The van der Waals surface area contributed by atoms with Gasteiger partial charge in [-0.25, -0.2) is 0 Å². The first-order valence-electron chi connectivity index (χ1n) is 4.87. The minimum Gasteiger partial charge on any atom is -0.278 e. The molecule has 0 atom stereocenters. The molecule has 0 amide bonds. The highest BCUT2D eigenvalue weighted by atomic mass is 79.9. The minimum atomic E-state index is 0.696. The van der Waals surface area contributed by atoms with Crippen molar-refractivity contribution < 1.29 is 0 Å². The first-order valence-corrected chi connectivity index (χ1v) is 6.04. The van der Waals surface area contributed by atoms with Crippen LogP contribution in [0.2, 0.25) is 5.02 Å². The molecule has 1 aliphatic heterocycles. The number of nitrogens with zero attached hydrogens (tertiary/aromatic N) is 3. The summed E-state index contributed by atoms with van der Waals surface area (Å²) in [6.07, 6.45) is 2.42. The lowest BCUT2D eigenvalue weighted by Crippen LogP contribution is -2.09. The van der Waals surface area contributed by atoms with Gasteiger partial charge in [-0.2, -0.15) is 0 Å². The molecule has 0 aromatic heterocycles. The maximum atomic E-state index is 5.83. The van der Waals surface area contributed by atoms with Crippen LogP contribution in [0.4, 0.5) is 5.69 Å². The van der Waals surface area contributed by atoms with Crippen molar-refractivity contribution in [3.63, 3.8) is 0 Å². The molecule has 15 heavy (non-hydrogen) atoms. The van der Waals surface area contributed by atoms with E-state index in [4.69, 9.17) is 11.6 Å². The Kier molecular flexibility index (Phi) is 3.59. The quantitative estimate of drug-likeness (QED) is 0.750. The van der Waals surface area contributed by atoms with E-state index in [1.165, 1.54) is 12.8 Å². The summed E-state index contributed by atoms with van der Waals surface area (Å²) in [4.78, 5) is 0. The predicted molar refractivity (Wildman–Crippen MR) is 64.5 cm³/mol. The molecule has 0 spiro atoms. The fourth-order valence-corrected chi connectivity index (χ4v) is 2.23. The van der Waals surface area contributed by atoms with E-state index in [1.807, 2.05) is 23.2 Å². The van der Waals surface area contributed by atoms with Gasteiger partial charge < -0.3 is 0 Å². The molecular weight excluding hydrogens is 277 g/mol. The van der Waals surface area contributed by atoms with E-state index in [1.54, 1.807) is 0 Å².